The van der Waals surface area contributed by atoms with Crippen LogP contribution in [0.15, 0.2) is 12.1 Å². The van der Waals surface area contributed by atoms with Gasteiger partial charge in [-0.25, -0.2) is 0 Å². The standard InChI is InChI=1S/C20H23NO3/c1-6-7-14-8-12(2)17(13(3)9-14)18-15(22)10-20(4,11-16(18)23)19(24)21-5/h8-9,18H,10-11H2,1-5H3,(H,21,24). The second-order valence-corrected chi connectivity index (χ2v) is 6.76. The molecule has 0 atom stereocenters. The van der Waals surface area contributed by atoms with E-state index in [0.29, 0.717) is 0 Å². The van der Waals surface area contributed by atoms with Gasteiger partial charge in [-0.05, 0) is 56.5 Å². The third kappa shape index (κ3) is 3.12. The first-order chi connectivity index (χ1) is 11.2. The van der Waals surface area contributed by atoms with Crippen molar-refractivity contribution in [3.8, 4) is 11.8 Å². The number of Topliss-reactive ketones (excluding diaryl/α,β-unsaturated/α-hetero) is 2. The molecule has 1 amide bonds. The molecule has 4 nitrogen and oxygen atoms in total. The summed E-state index contributed by atoms with van der Waals surface area (Å²) in [6.45, 7) is 7.25. The molecule has 1 fully saturated rings. The minimum Gasteiger partial charge on any atom is -0.359 e. The van der Waals surface area contributed by atoms with Crippen LogP contribution in [0.5, 0.6) is 0 Å². The highest BCUT2D eigenvalue weighted by Gasteiger charge is 2.47. The number of amides is 1. The summed E-state index contributed by atoms with van der Waals surface area (Å²) >= 11 is 0. The predicted octanol–water partition coefficient (Wildman–Crippen LogP) is 2.44. The van der Waals surface area contributed by atoms with Gasteiger partial charge in [0.2, 0.25) is 5.91 Å². The summed E-state index contributed by atoms with van der Waals surface area (Å²) in [6.07, 6.45) is 0.164. The maximum Gasteiger partial charge on any atom is 0.226 e. The van der Waals surface area contributed by atoms with E-state index in [0.717, 1.165) is 22.3 Å². The number of aryl methyl sites for hydroxylation is 2. The van der Waals surface area contributed by atoms with Crippen LogP contribution in [-0.4, -0.2) is 24.5 Å². The van der Waals surface area contributed by atoms with Gasteiger partial charge in [0, 0.05) is 25.5 Å². The smallest absolute Gasteiger partial charge is 0.226 e. The van der Waals surface area contributed by atoms with Gasteiger partial charge in [0.15, 0.2) is 0 Å². The van der Waals surface area contributed by atoms with E-state index in [1.165, 1.54) is 7.05 Å². The fourth-order valence-corrected chi connectivity index (χ4v) is 3.65. The molecule has 0 saturated heterocycles. The predicted molar refractivity (Wildman–Crippen MR) is 92.6 cm³/mol. The Morgan fingerprint density at radius 2 is 1.67 bits per heavy atom. The number of nitrogens with one attached hydrogen (secondary N) is 1. The molecule has 1 N–H and O–H groups in total. The fraction of sp³-hybridized carbons (Fsp3) is 0.450. The molecule has 0 radical (unpaired) electrons. The van der Waals surface area contributed by atoms with E-state index in [4.69, 9.17) is 0 Å². The first kappa shape index (κ1) is 17.9. The minimum atomic E-state index is -0.950. The highest BCUT2D eigenvalue weighted by atomic mass is 16.2. The average Bonchev–Trinajstić information content (AvgIpc) is 2.48. The average molecular weight is 325 g/mol. The van der Waals surface area contributed by atoms with Crippen LogP contribution in [0.2, 0.25) is 0 Å². The number of hydrogen-bond acceptors (Lipinski definition) is 3. The summed E-state index contributed by atoms with van der Waals surface area (Å²) in [6, 6.07) is 3.82. The van der Waals surface area contributed by atoms with E-state index in [9.17, 15) is 14.4 Å². The van der Waals surface area contributed by atoms with Crippen molar-refractivity contribution in [2.24, 2.45) is 5.41 Å². The Balaban J connectivity index is 2.44. The van der Waals surface area contributed by atoms with E-state index >= 15 is 0 Å². The van der Waals surface area contributed by atoms with E-state index in [1.54, 1.807) is 13.8 Å². The number of ketones is 2. The highest BCUT2D eigenvalue weighted by molar-refractivity contribution is 6.13. The van der Waals surface area contributed by atoms with Crippen LogP contribution in [0, 0.1) is 31.1 Å². The molecule has 1 aromatic rings. The van der Waals surface area contributed by atoms with Crippen LogP contribution < -0.4 is 5.32 Å². The molecular weight excluding hydrogens is 302 g/mol. The van der Waals surface area contributed by atoms with Gasteiger partial charge >= 0.3 is 0 Å². The Kier molecular flexibility index (Phi) is 4.94. The molecule has 2 rings (SSSR count). The largest absolute Gasteiger partial charge is 0.359 e. The first-order valence-electron chi connectivity index (χ1n) is 8.05. The summed E-state index contributed by atoms with van der Waals surface area (Å²) < 4.78 is 0. The maximum atomic E-state index is 12.7. The Labute approximate surface area is 143 Å². The van der Waals surface area contributed by atoms with Crippen molar-refractivity contribution in [3.63, 3.8) is 0 Å². The van der Waals surface area contributed by atoms with Crippen LogP contribution in [-0.2, 0) is 14.4 Å². The first-order valence-corrected chi connectivity index (χ1v) is 8.05. The third-order valence-electron chi connectivity index (χ3n) is 4.70. The molecule has 1 saturated carbocycles. The zero-order valence-corrected chi connectivity index (χ0v) is 14.9. The van der Waals surface area contributed by atoms with Crippen LogP contribution in [0.3, 0.4) is 0 Å². The Morgan fingerprint density at radius 3 is 2.08 bits per heavy atom. The van der Waals surface area contributed by atoms with Gasteiger partial charge in [-0.1, -0.05) is 5.92 Å². The molecule has 1 aliphatic carbocycles. The maximum absolute atomic E-state index is 12.7. The summed E-state index contributed by atoms with van der Waals surface area (Å²) in [5.41, 5.74) is 2.48. The van der Waals surface area contributed by atoms with Gasteiger partial charge in [-0.3, -0.25) is 14.4 Å². The van der Waals surface area contributed by atoms with E-state index in [1.807, 2.05) is 26.0 Å². The zero-order chi connectivity index (χ0) is 18.1. The van der Waals surface area contributed by atoms with E-state index < -0.39 is 11.3 Å². The molecule has 0 unspecified atom stereocenters. The molecular formula is C20H23NO3. The SMILES string of the molecule is CC#Cc1cc(C)c(C2C(=O)CC(C)(C(=O)NC)CC2=O)c(C)c1. The molecule has 24 heavy (non-hydrogen) atoms. The van der Waals surface area contributed by atoms with Crippen LogP contribution in [0.1, 0.15) is 54.9 Å². The highest BCUT2D eigenvalue weighted by Crippen LogP contribution is 2.40. The number of hydrogen-bond donors (Lipinski definition) is 1. The molecule has 0 heterocycles. The molecule has 0 bridgehead atoms. The van der Waals surface area contributed by atoms with Crippen molar-refractivity contribution in [1.82, 2.24) is 5.32 Å². The molecule has 0 aromatic heterocycles. The summed E-state index contributed by atoms with van der Waals surface area (Å²) in [5, 5.41) is 2.56. The lowest BCUT2D eigenvalue weighted by Crippen LogP contribution is -2.46. The van der Waals surface area contributed by atoms with Gasteiger partial charge in [0.1, 0.15) is 17.5 Å². The van der Waals surface area contributed by atoms with Crippen LogP contribution in [0.4, 0.5) is 0 Å². The monoisotopic (exact) mass is 325 g/mol. The molecule has 0 aliphatic heterocycles. The van der Waals surface area contributed by atoms with Crippen molar-refractivity contribution in [2.45, 2.75) is 46.5 Å². The zero-order valence-electron chi connectivity index (χ0n) is 14.9. The van der Waals surface area contributed by atoms with E-state index in [-0.39, 0.29) is 30.3 Å². The van der Waals surface area contributed by atoms with Crippen LogP contribution >= 0.6 is 0 Å². The quantitative estimate of drug-likeness (QED) is 0.671. The Hall–Kier alpha value is -2.41. The lowest BCUT2D eigenvalue weighted by molar-refractivity contribution is -0.144. The Morgan fingerprint density at radius 1 is 1.17 bits per heavy atom. The summed E-state index contributed by atoms with van der Waals surface area (Å²) in [5.74, 6) is 4.46. The summed E-state index contributed by atoms with van der Waals surface area (Å²) in [4.78, 5) is 37.5. The molecule has 1 aromatic carbocycles. The molecule has 4 heteroatoms. The van der Waals surface area contributed by atoms with E-state index in [2.05, 4.69) is 17.2 Å². The van der Waals surface area contributed by atoms with Gasteiger partial charge in [0.25, 0.3) is 0 Å². The van der Waals surface area contributed by atoms with Crippen LogP contribution in [0.25, 0.3) is 0 Å². The van der Waals surface area contributed by atoms with Gasteiger partial charge in [0.05, 0.1) is 5.41 Å². The normalized spacial score (nSPS) is 23.5. The Bertz CT molecular complexity index is 739. The van der Waals surface area contributed by atoms with Crippen molar-refractivity contribution >= 4 is 17.5 Å². The molecule has 1 aliphatic rings. The lowest BCUT2D eigenvalue weighted by atomic mass is 9.67. The number of rotatable bonds is 2. The van der Waals surface area contributed by atoms with Crippen molar-refractivity contribution < 1.29 is 14.4 Å². The number of benzene rings is 1. The number of carbonyl (C=O) groups is 3. The molecule has 126 valence electrons. The number of carbonyl (C=O) groups excluding carboxylic acids is 3. The minimum absolute atomic E-state index is 0.0818. The third-order valence-corrected chi connectivity index (χ3v) is 4.70. The molecule has 0 spiro atoms. The second kappa shape index (κ2) is 6.60. The summed E-state index contributed by atoms with van der Waals surface area (Å²) in [7, 11) is 1.52. The second-order valence-electron chi connectivity index (χ2n) is 6.76. The van der Waals surface area contributed by atoms with Gasteiger partial charge in [-0.2, -0.15) is 0 Å². The van der Waals surface area contributed by atoms with Crippen molar-refractivity contribution in [2.75, 3.05) is 7.05 Å². The van der Waals surface area contributed by atoms with Gasteiger partial charge < -0.3 is 5.32 Å². The topological polar surface area (TPSA) is 63.2 Å². The fourth-order valence-electron chi connectivity index (χ4n) is 3.65. The van der Waals surface area contributed by atoms with Crippen molar-refractivity contribution in [1.29, 1.82) is 0 Å². The van der Waals surface area contributed by atoms with Crippen molar-refractivity contribution in [3.05, 3.63) is 34.4 Å². The van der Waals surface area contributed by atoms with Gasteiger partial charge in [-0.15, -0.1) is 5.92 Å². The lowest BCUT2D eigenvalue weighted by Gasteiger charge is -2.34.